The second-order valence-corrected chi connectivity index (χ2v) is 4.94. The minimum absolute atomic E-state index is 0.0895. The van der Waals surface area contributed by atoms with Crippen LogP contribution in [-0.2, 0) is 0 Å². The minimum atomic E-state index is 0.0895. The number of pyridine rings is 1. The Labute approximate surface area is 113 Å². The topological polar surface area (TPSA) is 48.4 Å². The number of hydrogen-bond donors (Lipinski definition) is 2. The first kappa shape index (κ1) is 12.5. The Balaban J connectivity index is 1.91. The molecule has 0 saturated carbocycles. The van der Waals surface area contributed by atoms with Gasteiger partial charge in [-0.3, -0.25) is 9.88 Å². The lowest BCUT2D eigenvalue weighted by Gasteiger charge is -2.34. The van der Waals surface area contributed by atoms with Gasteiger partial charge in [0.25, 0.3) is 0 Å². The maximum atomic E-state index is 9.73. The fraction of sp³-hybridized carbons (Fsp3) is 0.400. The standard InChI is InChI=1S/C15H19N3O/c19-11-15(18-8-6-16-7-9-18)13-3-4-14-12(10-13)2-1-5-17-14/h1-5,10,15-16,19H,6-9,11H2. The molecule has 1 fully saturated rings. The van der Waals surface area contributed by atoms with Crippen molar-refractivity contribution in [2.45, 2.75) is 6.04 Å². The summed E-state index contributed by atoms with van der Waals surface area (Å²) >= 11 is 0. The van der Waals surface area contributed by atoms with Crippen LogP contribution in [0.15, 0.2) is 36.5 Å². The molecule has 1 unspecified atom stereocenters. The largest absolute Gasteiger partial charge is 0.394 e. The van der Waals surface area contributed by atoms with Crippen molar-refractivity contribution in [2.75, 3.05) is 32.8 Å². The van der Waals surface area contributed by atoms with Crippen LogP contribution in [0.25, 0.3) is 10.9 Å². The molecule has 1 saturated heterocycles. The molecule has 0 spiro atoms. The van der Waals surface area contributed by atoms with E-state index in [0.29, 0.717) is 0 Å². The highest BCUT2D eigenvalue weighted by Gasteiger charge is 2.21. The first-order valence-corrected chi connectivity index (χ1v) is 6.79. The van der Waals surface area contributed by atoms with Gasteiger partial charge in [-0.15, -0.1) is 0 Å². The smallest absolute Gasteiger partial charge is 0.0702 e. The molecule has 0 aliphatic carbocycles. The Bertz CT molecular complexity index is 552. The van der Waals surface area contributed by atoms with E-state index in [4.69, 9.17) is 0 Å². The van der Waals surface area contributed by atoms with Crippen molar-refractivity contribution in [3.63, 3.8) is 0 Å². The lowest BCUT2D eigenvalue weighted by molar-refractivity contribution is 0.111. The molecular formula is C15H19N3O. The highest BCUT2D eigenvalue weighted by atomic mass is 16.3. The van der Waals surface area contributed by atoms with Gasteiger partial charge < -0.3 is 10.4 Å². The molecule has 4 nitrogen and oxygen atoms in total. The van der Waals surface area contributed by atoms with Gasteiger partial charge in [-0.25, -0.2) is 0 Å². The van der Waals surface area contributed by atoms with E-state index < -0.39 is 0 Å². The van der Waals surface area contributed by atoms with Crippen LogP contribution in [-0.4, -0.2) is 47.8 Å². The lowest BCUT2D eigenvalue weighted by atomic mass is 10.0. The third kappa shape index (κ3) is 2.61. The van der Waals surface area contributed by atoms with Crippen molar-refractivity contribution >= 4 is 10.9 Å². The summed E-state index contributed by atoms with van der Waals surface area (Å²) in [6.07, 6.45) is 1.81. The van der Waals surface area contributed by atoms with Crippen molar-refractivity contribution in [3.8, 4) is 0 Å². The second kappa shape index (κ2) is 5.65. The number of nitrogens with one attached hydrogen (secondary N) is 1. The third-order valence-electron chi connectivity index (χ3n) is 3.78. The number of nitrogens with zero attached hydrogens (tertiary/aromatic N) is 2. The molecule has 0 radical (unpaired) electrons. The molecule has 3 rings (SSSR count). The predicted molar refractivity (Wildman–Crippen MR) is 76.0 cm³/mol. The van der Waals surface area contributed by atoms with Gasteiger partial charge in [-0.05, 0) is 23.8 Å². The van der Waals surface area contributed by atoms with Gasteiger partial charge in [0.05, 0.1) is 18.2 Å². The molecule has 0 amide bonds. The zero-order chi connectivity index (χ0) is 13.1. The quantitative estimate of drug-likeness (QED) is 0.866. The van der Waals surface area contributed by atoms with E-state index in [-0.39, 0.29) is 12.6 Å². The van der Waals surface area contributed by atoms with E-state index in [1.165, 1.54) is 5.56 Å². The average molecular weight is 257 g/mol. The molecule has 1 aromatic carbocycles. The van der Waals surface area contributed by atoms with Crippen molar-refractivity contribution in [2.24, 2.45) is 0 Å². The van der Waals surface area contributed by atoms with Crippen molar-refractivity contribution < 1.29 is 5.11 Å². The second-order valence-electron chi connectivity index (χ2n) is 4.94. The molecule has 0 bridgehead atoms. The molecule has 100 valence electrons. The molecule has 1 aliphatic heterocycles. The number of piperazine rings is 1. The van der Waals surface area contributed by atoms with E-state index in [9.17, 15) is 5.11 Å². The molecule has 1 aliphatic rings. The van der Waals surface area contributed by atoms with Crippen LogP contribution < -0.4 is 5.32 Å². The Morgan fingerprint density at radius 1 is 1.26 bits per heavy atom. The van der Waals surface area contributed by atoms with E-state index in [0.717, 1.165) is 37.1 Å². The Hall–Kier alpha value is -1.49. The average Bonchev–Trinajstić information content (AvgIpc) is 2.49. The Morgan fingerprint density at radius 2 is 2.11 bits per heavy atom. The molecule has 1 aromatic heterocycles. The highest BCUT2D eigenvalue weighted by Crippen LogP contribution is 2.24. The third-order valence-corrected chi connectivity index (χ3v) is 3.78. The number of benzene rings is 1. The van der Waals surface area contributed by atoms with Crippen LogP contribution >= 0.6 is 0 Å². The van der Waals surface area contributed by atoms with E-state index >= 15 is 0 Å². The van der Waals surface area contributed by atoms with Crippen LogP contribution in [0.1, 0.15) is 11.6 Å². The van der Waals surface area contributed by atoms with Crippen molar-refractivity contribution in [1.29, 1.82) is 0 Å². The maximum Gasteiger partial charge on any atom is 0.0702 e. The van der Waals surface area contributed by atoms with Gasteiger partial charge >= 0.3 is 0 Å². The molecule has 1 atom stereocenters. The van der Waals surface area contributed by atoms with Gasteiger partial charge in [0.2, 0.25) is 0 Å². The molecule has 4 heteroatoms. The predicted octanol–water partition coefficient (Wildman–Crippen LogP) is 1.17. The van der Waals surface area contributed by atoms with Crippen molar-refractivity contribution in [1.82, 2.24) is 15.2 Å². The first-order valence-electron chi connectivity index (χ1n) is 6.79. The molecule has 2 heterocycles. The number of aliphatic hydroxyl groups excluding tert-OH is 1. The summed E-state index contributed by atoms with van der Waals surface area (Å²) in [6, 6.07) is 10.4. The van der Waals surface area contributed by atoms with E-state index in [2.05, 4.69) is 33.4 Å². The molecular weight excluding hydrogens is 238 g/mol. The van der Waals surface area contributed by atoms with Gasteiger partial charge in [0, 0.05) is 37.8 Å². The van der Waals surface area contributed by atoms with Crippen molar-refractivity contribution in [3.05, 3.63) is 42.1 Å². The SMILES string of the molecule is OCC(c1ccc2ncccc2c1)N1CCNCC1. The summed E-state index contributed by atoms with van der Waals surface area (Å²) in [4.78, 5) is 6.68. The number of rotatable bonds is 3. The normalized spacial score (nSPS) is 18.6. The zero-order valence-corrected chi connectivity index (χ0v) is 10.9. The van der Waals surface area contributed by atoms with Crippen LogP contribution in [0.5, 0.6) is 0 Å². The molecule has 19 heavy (non-hydrogen) atoms. The molecule has 2 aromatic rings. The monoisotopic (exact) mass is 257 g/mol. The fourth-order valence-corrected chi connectivity index (χ4v) is 2.73. The van der Waals surface area contributed by atoms with Gasteiger partial charge in [-0.2, -0.15) is 0 Å². The van der Waals surface area contributed by atoms with Gasteiger partial charge in [-0.1, -0.05) is 12.1 Å². The molecule has 2 N–H and O–H groups in total. The maximum absolute atomic E-state index is 9.73. The summed E-state index contributed by atoms with van der Waals surface area (Å²) in [7, 11) is 0. The Kier molecular flexibility index (Phi) is 3.73. The highest BCUT2D eigenvalue weighted by molar-refractivity contribution is 5.79. The van der Waals surface area contributed by atoms with Crippen LogP contribution in [0.3, 0.4) is 0 Å². The minimum Gasteiger partial charge on any atom is -0.394 e. The summed E-state index contributed by atoms with van der Waals surface area (Å²) in [5.74, 6) is 0. The van der Waals surface area contributed by atoms with Gasteiger partial charge in [0.15, 0.2) is 0 Å². The van der Waals surface area contributed by atoms with E-state index in [1.807, 2.05) is 18.3 Å². The van der Waals surface area contributed by atoms with Gasteiger partial charge in [0.1, 0.15) is 0 Å². The first-order chi connectivity index (χ1) is 9.38. The van der Waals surface area contributed by atoms with E-state index in [1.54, 1.807) is 0 Å². The van der Waals surface area contributed by atoms with Crippen LogP contribution in [0.4, 0.5) is 0 Å². The van der Waals surface area contributed by atoms with Crippen LogP contribution in [0.2, 0.25) is 0 Å². The summed E-state index contributed by atoms with van der Waals surface area (Å²) in [6.45, 7) is 4.11. The van der Waals surface area contributed by atoms with Crippen LogP contribution in [0, 0.1) is 0 Å². The number of hydrogen-bond acceptors (Lipinski definition) is 4. The fourth-order valence-electron chi connectivity index (χ4n) is 2.73. The lowest BCUT2D eigenvalue weighted by Crippen LogP contribution is -2.46. The number of fused-ring (bicyclic) bond motifs is 1. The summed E-state index contributed by atoms with van der Waals surface area (Å²) in [5, 5.41) is 14.2. The summed E-state index contributed by atoms with van der Waals surface area (Å²) in [5.41, 5.74) is 2.17. The number of aliphatic hydroxyl groups is 1. The Morgan fingerprint density at radius 3 is 2.89 bits per heavy atom. The zero-order valence-electron chi connectivity index (χ0n) is 10.9. The summed E-state index contributed by atoms with van der Waals surface area (Å²) < 4.78 is 0. The number of aromatic nitrogens is 1.